The van der Waals surface area contributed by atoms with Crippen molar-refractivity contribution >= 4 is 12.0 Å². The Bertz CT molecular complexity index is 407. The van der Waals surface area contributed by atoms with E-state index in [0.717, 1.165) is 5.56 Å². The van der Waals surface area contributed by atoms with Crippen molar-refractivity contribution in [2.75, 3.05) is 14.2 Å². The molecule has 0 amide bonds. The molecule has 0 saturated carbocycles. The van der Waals surface area contributed by atoms with E-state index < -0.39 is 5.41 Å². The van der Waals surface area contributed by atoms with Crippen molar-refractivity contribution in [1.29, 1.82) is 0 Å². The number of rotatable bonds is 5. The summed E-state index contributed by atoms with van der Waals surface area (Å²) in [7, 11) is 2.97. The first-order chi connectivity index (χ1) is 8.52. The van der Waals surface area contributed by atoms with Gasteiger partial charge in [-0.05, 0) is 19.4 Å². The minimum absolute atomic E-state index is 0.285. The molecule has 1 atom stereocenters. The number of esters is 1. The van der Waals surface area contributed by atoms with Crippen LogP contribution < -0.4 is 0 Å². The molecular formula is C15H20O3. The van der Waals surface area contributed by atoms with Gasteiger partial charge in [-0.1, -0.05) is 42.5 Å². The number of hydrogen-bond donors (Lipinski definition) is 0. The molecule has 0 aromatic heterocycles. The molecule has 1 unspecified atom stereocenters. The van der Waals surface area contributed by atoms with Crippen molar-refractivity contribution in [2.45, 2.75) is 20.0 Å². The molecule has 0 bridgehead atoms. The summed E-state index contributed by atoms with van der Waals surface area (Å²) in [4.78, 5) is 11.7. The number of carbonyl (C=O) groups excluding carboxylic acids is 1. The lowest BCUT2D eigenvalue weighted by atomic mass is 9.86. The summed E-state index contributed by atoms with van der Waals surface area (Å²) in [5.74, 6) is -0.285. The van der Waals surface area contributed by atoms with E-state index in [4.69, 9.17) is 9.47 Å². The van der Waals surface area contributed by atoms with Crippen LogP contribution in [0.25, 0.3) is 6.08 Å². The molecule has 1 aromatic carbocycles. The van der Waals surface area contributed by atoms with Crippen LogP contribution in [0.1, 0.15) is 19.4 Å². The molecule has 1 rings (SSSR count). The second kappa shape index (κ2) is 6.36. The number of ether oxygens (including phenoxy) is 2. The highest BCUT2D eigenvalue weighted by molar-refractivity contribution is 5.77. The van der Waals surface area contributed by atoms with E-state index in [0.29, 0.717) is 0 Å². The summed E-state index contributed by atoms with van der Waals surface area (Å²) in [6, 6.07) is 9.88. The van der Waals surface area contributed by atoms with Gasteiger partial charge in [0.1, 0.15) is 0 Å². The fraction of sp³-hybridized carbons (Fsp3) is 0.400. The SMILES string of the molecule is COC(=O)C(C)(C)C(/C=C/c1ccccc1)OC. The van der Waals surface area contributed by atoms with Gasteiger partial charge in [-0.15, -0.1) is 0 Å². The minimum atomic E-state index is -0.714. The standard InChI is InChI=1S/C15H20O3/c1-15(2,14(16)18-4)13(17-3)11-10-12-8-6-5-7-9-12/h5-11,13H,1-4H3/b11-10+. The average Bonchev–Trinajstić information content (AvgIpc) is 2.39. The van der Waals surface area contributed by atoms with Crippen molar-refractivity contribution in [3.05, 3.63) is 42.0 Å². The molecule has 18 heavy (non-hydrogen) atoms. The van der Waals surface area contributed by atoms with E-state index in [2.05, 4.69) is 0 Å². The van der Waals surface area contributed by atoms with Crippen molar-refractivity contribution in [3.63, 3.8) is 0 Å². The van der Waals surface area contributed by atoms with Gasteiger partial charge in [0, 0.05) is 7.11 Å². The summed E-state index contributed by atoms with van der Waals surface area (Å²) < 4.78 is 10.2. The van der Waals surface area contributed by atoms with Gasteiger partial charge < -0.3 is 9.47 Å². The zero-order chi connectivity index (χ0) is 13.6. The lowest BCUT2D eigenvalue weighted by Crippen LogP contribution is -2.38. The maximum absolute atomic E-state index is 11.7. The summed E-state index contributed by atoms with van der Waals surface area (Å²) in [6.07, 6.45) is 3.50. The molecule has 3 nitrogen and oxygen atoms in total. The molecule has 0 heterocycles. The fourth-order valence-corrected chi connectivity index (χ4v) is 1.76. The molecule has 0 N–H and O–H groups in total. The average molecular weight is 248 g/mol. The summed E-state index contributed by atoms with van der Waals surface area (Å²) in [6.45, 7) is 3.62. The van der Waals surface area contributed by atoms with Gasteiger partial charge in [0.25, 0.3) is 0 Å². The Hall–Kier alpha value is -1.61. The lowest BCUT2D eigenvalue weighted by Gasteiger charge is -2.28. The Morgan fingerprint density at radius 2 is 1.83 bits per heavy atom. The predicted octanol–water partition coefficient (Wildman–Crippen LogP) is 2.91. The second-order valence-corrected chi connectivity index (χ2v) is 4.64. The first-order valence-corrected chi connectivity index (χ1v) is 5.87. The third-order valence-corrected chi connectivity index (χ3v) is 2.94. The molecule has 0 radical (unpaired) electrons. The maximum atomic E-state index is 11.7. The van der Waals surface area contributed by atoms with Crippen molar-refractivity contribution < 1.29 is 14.3 Å². The van der Waals surface area contributed by atoms with Crippen LogP contribution in [0.4, 0.5) is 0 Å². The van der Waals surface area contributed by atoms with Crippen LogP contribution in [0.2, 0.25) is 0 Å². The Morgan fingerprint density at radius 3 is 2.33 bits per heavy atom. The second-order valence-electron chi connectivity index (χ2n) is 4.64. The Balaban J connectivity index is 2.85. The number of methoxy groups -OCH3 is 2. The maximum Gasteiger partial charge on any atom is 0.314 e. The van der Waals surface area contributed by atoms with Crippen LogP contribution in [0.3, 0.4) is 0 Å². The third-order valence-electron chi connectivity index (χ3n) is 2.94. The number of hydrogen-bond acceptors (Lipinski definition) is 3. The predicted molar refractivity (Wildman–Crippen MR) is 72.1 cm³/mol. The first-order valence-electron chi connectivity index (χ1n) is 5.87. The summed E-state index contributed by atoms with van der Waals surface area (Å²) in [5.41, 5.74) is 0.356. The molecule has 0 aliphatic heterocycles. The number of benzene rings is 1. The van der Waals surface area contributed by atoms with E-state index in [1.807, 2.05) is 56.3 Å². The Kier molecular flexibility index (Phi) is 5.10. The minimum Gasteiger partial charge on any atom is -0.469 e. The normalized spacial score (nSPS) is 13.6. The first kappa shape index (κ1) is 14.5. The van der Waals surface area contributed by atoms with Crippen LogP contribution in [0.15, 0.2) is 36.4 Å². The van der Waals surface area contributed by atoms with E-state index in [1.165, 1.54) is 7.11 Å². The van der Waals surface area contributed by atoms with Gasteiger partial charge in [0.15, 0.2) is 0 Å². The van der Waals surface area contributed by atoms with E-state index in [-0.39, 0.29) is 12.1 Å². The summed E-state index contributed by atoms with van der Waals surface area (Å²) in [5, 5.41) is 0. The fourth-order valence-electron chi connectivity index (χ4n) is 1.76. The molecule has 0 spiro atoms. The Labute approximate surface area is 108 Å². The van der Waals surface area contributed by atoms with Crippen molar-refractivity contribution in [3.8, 4) is 0 Å². The van der Waals surface area contributed by atoms with Crippen LogP contribution in [-0.2, 0) is 14.3 Å². The lowest BCUT2D eigenvalue weighted by molar-refractivity contribution is -0.156. The van der Waals surface area contributed by atoms with Gasteiger partial charge in [-0.25, -0.2) is 0 Å². The van der Waals surface area contributed by atoms with Gasteiger partial charge in [0.05, 0.1) is 18.6 Å². The third kappa shape index (κ3) is 3.44. The van der Waals surface area contributed by atoms with Crippen LogP contribution in [-0.4, -0.2) is 26.3 Å². The molecule has 3 heteroatoms. The quantitative estimate of drug-likeness (QED) is 0.752. The van der Waals surface area contributed by atoms with Gasteiger partial charge in [0.2, 0.25) is 0 Å². The van der Waals surface area contributed by atoms with Crippen LogP contribution >= 0.6 is 0 Å². The largest absolute Gasteiger partial charge is 0.469 e. The topological polar surface area (TPSA) is 35.5 Å². The highest BCUT2D eigenvalue weighted by Gasteiger charge is 2.36. The molecule has 0 aliphatic rings. The highest BCUT2D eigenvalue weighted by atomic mass is 16.5. The van der Waals surface area contributed by atoms with Gasteiger partial charge in [-0.3, -0.25) is 4.79 Å². The molecule has 0 fully saturated rings. The van der Waals surface area contributed by atoms with E-state index in [9.17, 15) is 4.79 Å². The Morgan fingerprint density at radius 1 is 1.22 bits per heavy atom. The monoisotopic (exact) mass is 248 g/mol. The van der Waals surface area contributed by atoms with Crippen LogP contribution in [0, 0.1) is 5.41 Å². The van der Waals surface area contributed by atoms with E-state index in [1.54, 1.807) is 7.11 Å². The summed E-state index contributed by atoms with van der Waals surface area (Å²) >= 11 is 0. The molecule has 98 valence electrons. The smallest absolute Gasteiger partial charge is 0.314 e. The molecular weight excluding hydrogens is 228 g/mol. The molecule has 1 aromatic rings. The van der Waals surface area contributed by atoms with Crippen LogP contribution in [0.5, 0.6) is 0 Å². The zero-order valence-electron chi connectivity index (χ0n) is 11.3. The van der Waals surface area contributed by atoms with Gasteiger partial charge >= 0.3 is 5.97 Å². The highest BCUT2D eigenvalue weighted by Crippen LogP contribution is 2.26. The van der Waals surface area contributed by atoms with Crippen molar-refractivity contribution in [2.24, 2.45) is 5.41 Å². The number of carbonyl (C=O) groups is 1. The van der Waals surface area contributed by atoms with Gasteiger partial charge in [-0.2, -0.15) is 0 Å². The van der Waals surface area contributed by atoms with E-state index >= 15 is 0 Å². The molecule has 0 saturated heterocycles. The molecule has 0 aliphatic carbocycles. The zero-order valence-corrected chi connectivity index (χ0v) is 11.3. The van der Waals surface area contributed by atoms with Crippen molar-refractivity contribution in [1.82, 2.24) is 0 Å².